The molecule has 1 fully saturated rings. The topological polar surface area (TPSA) is 78.6 Å². The molecule has 2 amide bonds. The van der Waals surface area contributed by atoms with Crippen molar-refractivity contribution in [1.29, 1.82) is 0 Å². The van der Waals surface area contributed by atoms with Crippen LogP contribution in [0.5, 0.6) is 0 Å². The van der Waals surface area contributed by atoms with E-state index in [1.54, 1.807) is 29.2 Å². The zero-order valence-electron chi connectivity index (χ0n) is 11.0. The number of carbonyl (C=O) groups is 1. The second kappa shape index (κ2) is 6.43. The van der Waals surface area contributed by atoms with Crippen LogP contribution in [0.4, 0.5) is 16.2 Å². The van der Waals surface area contributed by atoms with Gasteiger partial charge >= 0.3 is 6.03 Å². The van der Waals surface area contributed by atoms with Gasteiger partial charge in [-0.2, -0.15) is 0 Å². The fourth-order valence-electron chi connectivity index (χ4n) is 2.59. The average Bonchev–Trinajstić information content (AvgIpc) is 2.89. The van der Waals surface area contributed by atoms with Crippen LogP contribution in [0.1, 0.15) is 25.7 Å². The lowest BCUT2D eigenvalue weighted by molar-refractivity contribution is 0.163. The van der Waals surface area contributed by atoms with Crippen LogP contribution in [0.15, 0.2) is 24.3 Å². The first-order valence-corrected chi connectivity index (χ1v) is 6.74. The zero-order chi connectivity index (χ0) is 13.7. The first-order valence-electron chi connectivity index (χ1n) is 6.74. The van der Waals surface area contributed by atoms with E-state index in [-0.39, 0.29) is 18.7 Å². The maximum Gasteiger partial charge on any atom is 0.322 e. The molecule has 5 heteroatoms. The number of nitrogens with two attached hydrogens (primary N) is 1. The van der Waals surface area contributed by atoms with Gasteiger partial charge in [-0.15, -0.1) is 0 Å². The summed E-state index contributed by atoms with van der Waals surface area (Å²) in [5.74, 6) is 0. The molecule has 0 aliphatic heterocycles. The minimum Gasteiger partial charge on any atom is -0.399 e. The third-order valence-electron chi connectivity index (χ3n) is 3.51. The van der Waals surface area contributed by atoms with E-state index in [2.05, 4.69) is 5.32 Å². The Balaban J connectivity index is 2.02. The molecule has 0 aromatic heterocycles. The monoisotopic (exact) mass is 263 g/mol. The normalized spacial score (nSPS) is 15.4. The van der Waals surface area contributed by atoms with Gasteiger partial charge in [-0.25, -0.2) is 4.79 Å². The van der Waals surface area contributed by atoms with Crippen molar-refractivity contribution < 1.29 is 9.90 Å². The summed E-state index contributed by atoms with van der Waals surface area (Å²) in [6.45, 7) is 0.361. The standard InChI is InChI=1S/C14H21N3O2/c15-11-4-3-5-12(10-11)16-14(19)17(8-9-18)13-6-1-2-7-13/h3-5,10,13,18H,1-2,6-9,15H2,(H,16,19). The van der Waals surface area contributed by atoms with E-state index in [4.69, 9.17) is 10.8 Å². The highest BCUT2D eigenvalue weighted by Gasteiger charge is 2.26. The number of hydrogen-bond acceptors (Lipinski definition) is 3. The Labute approximate surface area is 113 Å². The van der Waals surface area contributed by atoms with Crippen molar-refractivity contribution in [3.63, 3.8) is 0 Å². The molecule has 0 radical (unpaired) electrons. The Kier molecular flexibility index (Phi) is 4.63. The van der Waals surface area contributed by atoms with Gasteiger partial charge in [0.2, 0.25) is 0 Å². The van der Waals surface area contributed by atoms with Crippen molar-refractivity contribution in [1.82, 2.24) is 4.90 Å². The van der Waals surface area contributed by atoms with E-state index < -0.39 is 0 Å². The smallest absolute Gasteiger partial charge is 0.322 e. The molecule has 0 bridgehead atoms. The molecule has 19 heavy (non-hydrogen) atoms. The average molecular weight is 263 g/mol. The summed E-state index contributed by atoms with van der Waals surface area (Å²) in [6.07, 6.45) is 4.34. The summed E-state index contributed by atoms with van der Waals surface area (Å²) < 4.78 is 0. The number of nitrogen functional groups attached to an aromatic ring is 1. The summed E-state index contributed by atoms with van der Waals surface area (Å²) in [5.41, 5.74) is 6.99. The summed E-state index contributed by atoms with van der Waals surface area (Å²) in [4.78, 5) is 14.0. The summed E-state index contributed by atoms with van der Waals surface area (Å²) in [7, 11) is 0. The van der Waals surface area contributed by atoms with Crippen LogP contribution in [0.3, 0.4) is 0 Å². The molecule has 104 valence electrons. The van der Waals surface area contributed by atoms with Gasteiger partial charge in [0, 0.05) is 24.0 Å². The van der Waals surface area contributed by atoms with E-state index in [0.29, 0.717) is 17.9 Å². The van der Waals surface area contributed by atoms with Gasteiger partial charge in [-0.3, -0.25) is 0 Å². The quantitative estimate of drug-likeness (QED) is 0.727. The molecule has 2 rings (SSSR count). The molecule has 0 saturated heterocycles. The Morgan fingerprint density at radius 3 is 2.79 bits per heavy atom. The van der Waals surface area contributed by atoms with Crippen LogP contribution < -0.4 is 11.1 Å². The van der Waals surface area contributed by atoms with E-state index in [0.717, 1.165) is 25.7 Å². The highest BCUT2D eigenvalue weighted by molar-refractivity contribution is 5.90. The highest BCUT2D eigenvalue weighted by atomic mass is 16.3. The lowest BCUT2D eigenvalue weighted by Gasteiger charge is -2.28. The minimum atomic E-state index is -0.161. The van der Waals surface area contributed by atoms with Gasteiger partial charge in [0.15, 0.2) is 0 Å². The van der Waals surface area contributed by atoms with Gasteiger partial charge in [0.25, 0.3) is 0 Å². The van der Waals surface area contributed by atoms with E-state index in [9.17, 15) is 4.79 Å². The number of nitrogens with zero attached hydrogens (tertiary/aromatic N) is 1. The first-order chi connectivity index (χ1) is 9.20. The van der Waals surface area contributed by atoms with Gasteiger partial charge in [0.05, 0.1) is 6.61 Å². The van der Waals surface area contributed by atoms with Crippen LogP contribution in [0, 0.1) is 0 Å². The van der Waals surface area contributed by atoms with Gasteiger partial charge in [0.1, 0.15) is 0 Å². The Morgan fingerprint density at radius 1 is 1.42 bits per heavy atom. The van der Waals surface area contributed by atoms with Crippen molar-refractivity contribution >= 4 is 17.4 Å². The van der Waals surface area contributed by atoms with Crippen molar-refractivity contribution in [2.24, 2.45) is 0 Å². The molecule has 1 aliphatic rings. The molecule has 1 aromatic rings. The number of urea groups is 1. The molecule has 0 spiro atoms. The van der Waals surface area contributed by atoms with Crippen molar-refractivity contribution in [2.45, 2.75) is 31.7 Å². The molecular formula is C14H21N3O2. The number of nitrogens with one attached hydrogen (secondary N) is 1. The molecule has 0 heterocycles. The van der Waals surface area contributed by atoms with Crippen LogP contribution in [-0.4, -0.2) is 35.2 Å². The summed E-state index contributed by atoms with van der Waals surface area (Å²) in [5, 5.41) is 12.0. The van der Waals surface area contributed by atoms with Gasteiger partial charge < -0.3 is 21.1 Å². The summed E-state index contributed by atoms with van der Waals surface area (Å²) >= 11 is 0. The first kappa shape index (κ1) is 13.7. The number of aliphatic hydroxyl groups excluding tert-OH is 1. The Bertz CT molecular complexity index is 430. The highest BCUT2D eigenvalue weighted by Crippen LogP contribution is 2.24. The Hall–Kier alpha value is -1.75. The molecule has 0 atom stereocenters. The maximum atomic E-state index is 12.3. The Morgan fingerprint density at radius 2 is 2.16 bits per heavy atom. The van der Waals surface area contributed by atoms with Crippen molar-refractivity contribution in [3.8, 4) is 0 Å². The van der Waals surface area contributed by atoms with Crippen molar-refractivity contribution in [3.05, 3.63) is 24.3 Å². The van der Waals surface area contributed by atoms with Crippen LogP contribution in [0.2, 0.25) is 0 Å². The molecule has 1 saturated carbocycles. The molecule has 1 aliphatic carbocycles. The minimum absolute atomic E-state index is 0.0130. The lowest BCUT2D eigenvalue weighted by Crippen LogP contribution is -2.43. The fourth-order valence-corrected chi connectivity index (χ4v) is 2.59. The fraction of sp³-hybridized carbons (Fsp3) is 0.500. The molecule has 4 N–H and O–H groups in total. The zero-order valence-corrected chi connectivity index (χ0v) is 11.0. The van der Waals surface area contributed by atoms with E-state index in [1.165, 1.54) is 0 Å². The number of benzene rings is 1. The number of aliphatic hydroxyl groups is 1. The second-order valence-corrected chi connectivity index (χ2v) is 4.91. The predicted octanol–water partition coefficient (Wildman–Crippen LogP) is 2.04. The van der Waals surface area contributed by atoms with Crippen molar-refractivity contribution in [2.75, 3.05) is 24.2 Å². The second-order valence-electron chi connectivity index (χ2n) is 4.91. The number of rotatable bonds is 4. The van der Waals surface area contributed by atoms with Gasteiger partial charge in [-0.05, 0) is 31.0 Å². The third kappa shape index (κ3) is 3.61. The lowest BCUT2D eigenvalue weighted by atomic mass is 10.2. The maximum absolute atomic E-state index is 12.3. The van der Waals surface area contributed by atoms with Gasteiger partial charge in [-0.1, -0.05) is 18.9 Å². The van der Waals surface area contributed by atoms with Crippen LogP contribution in [-0.2, 0) is 0 Å². The SMILES string of the molecule is Nc1cccc(NC(=O)N(CCO)C2CCCC2)c1. The largest absolute Gasteiger partial charge is 0.399 e. The molecule has 0 unspecified atom stereocenters. The summed E-state index contributed by atoms with van der Waals surface area (Å²) in [6, 6.07) is 7.19. The van der Waals surface area contributed by atoms with E-state index in [1.807, 2.05) is 0 Å². The van der Waals surface area contributed by atoms with Crippen LogP contribution >= 0.6 is 0 Å². The number of hydrogen-bond donors (Lipinski definition) is 3. The molecular weight excluding hydrogens is 242 g/mol. The molecule has 1 aromatic carbocycles. The number of anilines is 2. The van der Waals surface area contributed by atoms with Crippen LogP contribution in [0.25, 0.3) is 0 Å². The third-order valence-corrected chi connectivity index (χ3v) is 3.51. The number of carbonyl (C=O) groups excluding carboxylic acids is 1. The van der Waals surface area contributed by atoms with E-state index >= 15 is 0 Å². The molecule has 5 nitrogen and oxygen atoms in total. The number of amides is 2. The predicted molar refractivity (Wildman–Crippen MR) is 75.9 cm³/mol.